The van der Waals surface area contributed by atoms with Gasteiger partial charge in [-0.25, -0.2) is 4.79 Å². The van der Waals surface area contributed by atoms with Crippen LogP contribution in [0, 0.1) is 0 Å². The molecule has 1 fully saturated rings. The molecule has 3 rings (SSSR count). The summed E-state index contributed by atoms with van der Waals surface area (Å²) >= 11 is 2.11. The number of benzene rings is 2. The molecule has 2 aromatic carbocycles. The normalized spacial score (nSPS) is 20.1. The van der Waals surface area contributed by atoms with Gasteiger partial charge in [-0.15, -0.1) is 0 Å². The molecule has 0 radical (unpaired) electrons. The highest BCUT2D eigenvalue weighted by Crippen LogP contribution is 2.26. The summed E-state index contributed by atoms with van der Waals surface area (Å²) in [7, 11) is 0. The van der Waals surface area contributed by atoms with Gasteiger partial charge in [-0.3, -0.25) is 9.69 Å². The molecule has 0 aliphatic carbocycles. The highest BCUT2D eigenvalue weighted by atomic mass is 127. The van der Waals surface area contributed by atoms with Crippen molar-refractivity contribution in [3.8, 4) is 0 Å². The SMILES string of the molecule is CC(C1CCC(I)C(=O)O1)N(Cc1ccccc1)C(=O)OCc1ccccc1. The van der Waals surface area contributed by atoms with Gasteiger partial charge in [0.15, 0.2) is 0 Å². The molecule has 5 nitrogen and oxygen atoms in total. The quantitative estimate of drug-likeness (QED) is 0.332. The van der Waals surface area contributed by atoms with Crippen molar-refractivity contribution in [2.75, 3.05) is 0 Å². The van der Waals surface area contributed by atoms with Crippen molar-refractivity contribution < 1.29 is 19.1 Å². The molecule has 3 unspecified atom stereocenters. The van der Waals surface area contributed by atoms with Gasteiger partial charge in [0.1, 0.15) is 16.6 Å². The predicted molar refractivity (Wildman–Crippen MR) is 115 cm³/mol. The van der Waals surface area contributed by atoms with Gasteiger partial charge in [0, 0.05) is 6.54 Å². The number of rotatable bonds is 6. The van der Waals surface area contributed by atoms with Crippen molar-refractivity contribution >= 4 is 34.7 Å². The van der Waals surface area contributed by atoms with E-state index in [4.69, 9.17) is 9.47 Å². The molecule has 148 valence electrons. The Morgan fingerprint density at radius 1 is 1.11 bits per heavy atom. The highest BCUT2D eigenvalue weighted by Gasteiger charge is 2.36. The van der Waals surface area contributed by atoms with Crippen molar-refractivity contribution in [3.05, 3.63) is 71.8 Å². The lowest BCUT2D eigenvalue weighted by Crippen LogP contribution is -2.49. The lowest BCUT2D eigenvalue weighted by atomic mass is 10.0. The summed E-state index contributed by atoms with van der Waals surface area (Å²) < 4.78 is 11.0. The Hall–Kier alpha value is -2.09. The van der Waals surface area contributed by atoms with E-state index >= 15 is 0 Å². The number of carbonyl (C=O) groups is 2. The molecule has 0 spiro atoms. The van der Waals surface area contributed by atoms with Crippen molar-refractivity contribution in [1.82, 2.24) is 4.90 Å². The topological polar surface area (TPSA) is 55.8 Å². The molecular weight excluding hydrogens is 469 g/mol. The third-order valence-corrected chi connectivity index (χ3v) is 6.02. The number of hydrogen-bond acceptors (Lipinski definition) is 4. The number of halogens is 1. The smallest absolute Gasteiger partial charge is 0.410 e. The first kappa shape index (κ1) is 20.6. The van der Waals surface area contributed by atoms with Gasteiger partial charge in [-0.1, -0.05) is 83.3 Å². The maximum atomic E-state index is 12.9. The Balaban J connectivity index is 1.72. The fourth-order valence-electron chi connectivity index (χ4n) is 3.21. The van der Waals surface area contributed by atoms with Crippen molar-refractivity contribution in [3.63, 3.8) is 0 Å². The fraction of sp³-hybridized carbons (Fsp3) is 0.364. The lowest BCUT2D eigenvalue weighted by molar-refractivity contribution is -0.156. The van der Waals surface area contributed by atoms with Gasteiger partial charge >= 0.3 is 12.1 Å². The molecule has 1 aliphatic heterocycles. The summed E-state index contributed by atoms with van der Waals surface area (Å²) in [6.45, 7) is 2.52. The maximum Gasteiger partial charge on any atom is 0.410 e. The van der Waals surface area contributed by atoms with E-state index in [1.807, 2.05) is 67.6 Å². The predicted octanol–water partition coefficient (Wildman–Crippen LogP) is 4.72. The van der Waals surface area contributed by atoms with E-state index < -0.39 is 6.09 Å². The monoisotopic (exact) mass is 493 g/mol. The summed E-state index contributed by atoms with van der Waals surface area (Å²) in [6.07, 6.45) is 0.754. The average Bonchev–Trinajstić information content (AvgIpc) is 2.73. The second-order valence-corrected chi connectivity index (χ2v) is 8.42. The van der Waals surface area contributed by atoms with Gasteiger partial charge in [0.05, 0.1) is 6.04 Å². The molecule has 1 saturated heterocycles. The van der Waals surface area contributed by atoms with Crippen LogP contribution in [-0.4, -0.2) is 33.0 Å². The third-order valence-electron chi connectivity index (χ3n) is 4.89. The molecule has 0 saturated carbocycles. The van der Waals surface area contributed by atoms with Gasteiger partial charge in [-0.2, -0.15) is 0 Å². The summed E-state index contributed by atoms with van der Waals surface area (Å²) in [5.74, 6) is -0.207. The minimum Gasteiger partial charge on any atom is -0.459 e. The van der Waals surface area contributed by atoms with Crippen molar-refractivity contribution in [1.29, 1.82) is 0 Å². The van der Waals surface area contributed by atoms with Crippen LogP contribution in [-0.2, 0) is 27.4 Å². The van der Waals surface area contributed by atoms with Crippen LogP contribution in [0.1, 0.15) is 30.9 Å². The standard InChI is InChI=1S/C22H24INO4/c1-16(20-13-12-19(23)21(25)28-20)24(14-17-8-4-2-5-9-17)22(26)27-15-18-10-6-3-7-11-18/h2-11,16,19-20H,12-15H2,1H3. The van der Waals surface area contributed by atoms with Gasteiger partial charge in [0.25, 0.3) is 0 Å². The molecule has 1 heterocycles. The van der Waals surface area contributed by atoms with Crippen molar-refractivity contribution in [2.24, 2.45) is 0 Å². The number of alkyl halides is 1. The van der Waals surface area contributed by atoms with E-state index in [0.717, 1.165) is 24.0 Å². The van der Waals surface area contributed by atoms with Crippen LogP contribution >= 0.6 is 22.6 Å². The average molecular weight is 493 g/mol. The second kappa shape index (κ2) is 9.91. The van der Waals surface area contributed by atoms with E-state index in [-0.39, 0.29) is 28.6 Å². The number of carbonyl (C=O) groups excluding carboxylic acids is 2. The largest absolute Gasteiger partial charge is 0.459 e. The van der Waals surface area contributed by atoms with Gasteiger partial charge < -0.3 is 9.47 Å². The summed E-state index contributed by atoms with van der Waals surface area (Å²) in [6, 6.07) is 19.1. The van der Waals surface area contributed by atoms with Gasteiger partial charge in [0.2, 0.25) is 0 Å². The Labute approximate surface area is 179 Å². The molecular formula is C22H24INO4. The van der Waals surface area contributed by atoms with E-state index in [1.54, 1.807) is 4.90 Å². The molecule has 2 aromatic rings. The van der Waals surface area contributed by atoms with Crippen LogP contribution < -0.4 is 0 Å². The number of ether oxygens (including phenoxy) is 2. The zero-order chi connectivity index (χ0) is 19.9. The maximum absolute atomic E-state index is 12.9. The van der Waals surface area contributed by atoms with Crippen LogP contribution in [0.4, 0.5) is 4.79 Å². The molecule has 1 amide bonds. The Bertz CT molecular complexity index is 784. The van der Waals surface area contributed by atoms with Gasteiger partial charge in [-0.05, 0) is 30.9 Å². The zero-order valence-corrected chi connectivity index (χ0v) is 17.9. The van der Waals surface area contributed by atoms with E-state index in [0.29, 0.717) is 6.54 Å². The highest BCUT2D eigenvalue weighted by molar-refractivity contribution is 14.1. The van der Waals surface area contributed by atoms with E-state index in [1.165, 1.54) is 0 Å². The molecule has 0 aromatic heterocycles. The minimum atomic E-state index is -0.409. The van der Waals surface area contributed by atoms with Crippen molar-refractivity contribution in [2.45, 2.75) is 49.0 Å². The van der Waals surface area contributed by atoms with Crippen LogP contribution in [0.25, 0.3) is 0 Å². The minimum absolute atomic E-state index is 0.117. The number of amides is 1. The van der Waals surface area contributed by atoms with E-state index in [9.17, 15) is 9.59 Å². The first-order chi connectivity index (χ1) is 13.5. The number of esters is 1. The zero-order valence-electron chi connectivity index (χ0n) is 15.8. The van der Waals surface area contributed by atoms with E-state index in [2.05, 4.69) is 22.6 Å². The lowest BCUT2D eigenvalue weighted by Gasteiger charge is -2.36. The Morgan fingerprint density at radius 2 is 1.71 bits per heavy atom. The van der Waals surface area contributed by atoms with Crippen LogP contribution in [0.2, 0.25) is 0 Å². The first-order valence-electron chi connectivity index (χ1n) is 9.40. The second-order valence-electron chi connectivity index (χ2n) is 6.91. The van der Waals surface area contributed by atoms with Crippen LogP contribution in [0.3, 0.4) is 0 Å². The molecule has 6 heteroatoms. The summed E-state index contributed by atoms with van der Waals surface area (Å²) in [4.78, 5) is 26.6. The molecule has 3 atom stereocenters. The summed E-state index contributed by atoms with van der Waals surface area (Å²) in [5.41, 5.74) is 1.93. The van der Waals surface area contributed by atoms with Crippen LogP contribution in [0.5, 0.6) is 0 Å². The molecule has 1 aliphatic rings. The molecule has 0 N–H and O–H groups in total. The fourth-order valence-corrected chi connectivity index (χ4v) is 3.71. The summed E-state index contributed by atoms with van der Waals surface area (Å²) in [5, 5.41) is 0. The van der Waals surface area contributed by atoms with Crippen LogP contribution in [0.15, 0.2) is 60.7 Å². The Kier molecular flexibility index (Phi) is 7.30. The third kappa shape index (κ3) is 5.47. The Morgan fingerprint density at radius 3 is 2.32 bits per heavy atom. The number of nitrogens with zero attached hydrogens (tertiary/aromatic N) is 1. The molecule has 28 heavy (non-hydrogen) atoms. The molecule has 0 bridgehead atoms. The number of hydrogen-bond donors (Lipinski definition) is 0. The first-order valence-corrected chi connectivity index (χ1v) is 10.6. The number of cyclic esters (lactones) is 1.